The molecule has 1 heterocycles. The van der Waals surface area contributed by atoms with E-state index >= 15 is 0 Å². The lowest BCUT2D eigenvalue weighted by molar-refractivity contribution is -0.390. The smallest absolute Gasteiger partial charge is 0.358 e. The fourth-order valence-corrected chi connectivity index (χ4v) is 1.19. The first-order valence-electron chi connectivity index (χ1n) is 3.78. The number of nitrogens with zero attached hydrogens (tertiary/aromatic N) is 3. The SMILES string of the molecule is C#Cc1nc([N+](=O)[O-])c(CC)n1C. The summed E-state index contributed by atoms with van der Waals surface area (Å²) in [6, 6.07) is 0. The highest BCUT2D eigenvalue weighted by Gasteiger charge is 2.22. The Morgan fingerprint density at radius 2 is 2.38 bits per heavy atom. The van der Waals surface area contributed by atoms with Crippen molar-refractivity contribution in [2.75, 3.05) is 0 Å². The van der Waals surface area contributed by atoms with E-state index in [0.717, 1.165) is 0 Å². The van der Waals surface area contributed by atoms with E-state index in [4.69, 9.17) is 6.42 Å². The van der Waals surface area contributed by atoms with Gasteiger partial charge < -0.3 is 10.1 Å². The van der Waals surface area contributed by atoms with Crippen molar-refractivity contribution in [3.63, 3.8) is 0 Å². The van der Waals surface area contributed by atoms with Crippen molar-refractivity contribution >= 4 is 5.82 Å². The van der Waals surface area contributed by atoms with Crippen molar-refractivity contribution in [2.24, 2.45) is 7.05 Å². The van der Waals surface area contributed by atoms with E-state index in [-0.39, 0.29) is 5.82 Å². The molecule has 0 fully saturated rings. The number of aromatic nitrogens is 2. The van der Waals surface area contributed by atoms with Crippen LogP contribution in [0.15, 0.2) is 0 Å². The summed E-state index contributed by atoms with van der Waals surface area (Å²) in [4.78, 5) is 13.7. The molecule has 5 heteroatoms. The third kappa shape index (κ3) is 1.38. The lowest BCUT2D eigenvalue weighted by Crippen LogP contribution is -1.99. The first-order valence-corrected chi connectivity index (χ1v) is 3.78. The third-order valence-corrected chi connectivity index (χ3v) is 1.83. The van der Waals surface area contributed by atoms with Gasteiger partial charge in [-0.15, -0.1) is 6.42 Å². The van der Waals surface area contributed by atoms with Gasteiger partial charge in [0.1, 0.15) is 5.69 Å². The first kappa shape index (κ1) is 9.26. The molecular formula is C8H9N3O2. The number of terminal acetylenes is 1. The molecule has 0 N–H and O–H groups in total. The topological polar surface area (TPSA) is 61.0 Å². The second-order valence-electron chi connectivity index (χ2n) is 2.52. The van der Waals surface area contributed by atoms with Gasteiger partial charge >= 0.3 is 5.82 Å². The van der Waals surface area contributed by atoms with Crippen LogP contribution in [-0.4, -0.2) is 14.5 Å². The fraction of sp³-hybridized carbons (Fsp3) is 0.375. The zero-order chi connectivity index (χ0) is 10.0. The van der Waals surface area contributed by atoms with E-state index in [1.165, 1.54) is 0 Å². The van der Waals surface area contributed by atoms with Crippen LogP contribution >= 0.6 is 0 Å². The van der Waals surface area contributed by atoms with Gasteiger partial charge in [-0.05, 0) is 22.2 Å². The van der Waals surface area contributed by atoms with Crippen molar-refractivity contribution in [3.05, 3.63) is 21.6 Å². The average molecular weight is 179 g/mol. The number of nitro groups is 1. The minimum absolute atomic E-state index is 0.141. The Morgan fingerprint density at radius 3 is 2.69 bits per heavy atom. The van der Waals surface area contributed by atoms with Crippen LogP contribution in [0.5, 0.6) is 0 Å². The van der Waals surface area contributed by atoms with E-state index in [0.29, 0.717) is 17.9 Å². The minimum Gasteiger partial charge on any atom is -0.358 e. The van der Waals surface area contributed by atoms with Crippen molar-refractivity contribution in [3.8, 4) is 12.3 Å². The van der Waals surface area contributed by atoms with Crippen LogP contribution in [0.2, 0.25) is 0 Å². The van der Waals surface area contributed by atoms with Crippen LogP contribution in [0, 0.1) is 22.5 Å². The molecule has 0 saturated carbocycles. The molecular weight excluding hydrogens is 170 g/mol. The summed E-state index contributed by atoms with van der Waals surface area (Å²) in [5, 5.41) is 10.5. The fourth-order valence-electron chi connectivity index (χ4n) is 1.19. The maximum atomic E-state index is 10.5. The Morgan fingerprint density at radius 1 is 1.77 bits per heavy atom. The number of hydrogen-bond donors (Lipinski definition) is 0. The number of rotatable bonds is 2. The van der Waals surface area contributed by atoms with Gasteiger partial charge in [-0.2, -0.15) is 0 Å². The van der Waals surface area contributed by atoms with Crippen LogP contribution in [0.3, 0.4) is 0 Å². The molecule has 5 nitrogen and oxygen atoms in total. The Hall–Kier alpha value is -1.83. The first-order chi connectivity index (χ1) is 6.11. The highest BCUT2D eigenvalue weighted by molar-refractivity contribution is 5.35. The standard InChI is InChI=1S/C8H9N3O2/c1-4-6-8(11(12)13)9-7(5-2)10(6)3/h2H,4H2,1,3H3. The largest absolute Gasteiger partial charge is 0.386 e. The van der Waals surface area contributed by atoms with Gasteiger partial charge in [-0.1, -0.05) is 6.92 Å². The van der Waals surface area contributed by atoms with E-state index in [1.54, 1.807) is 11.6 Å². The molecule has 1 aromatic heterocycles. The van der Waals surface area contributed by atoms with Gasteiger partial charge in [-0.25, -0.2) is 0 Å². The Kier molecular flexibility index (Phi) is 2.33. The molecule has 0 aromatic carbocycles. The molecule has 0 bridgehead atoms. The van der Waals surface area contributed by atoms with E-state index in [1.807, 2.05) is 6.92 Å². The molecule has 0 aliphatic heterocycles. The van der Waals surface area contributed by atoms with Crippen LogP contribution in [-0.2, 0) is 13.5 Å². The maximum Gasteiger partial charge on any atom is 0.386 e. The Balaban J connectivity index is 3.38. The van der Waals surface area contributed by atoms with E-state index < -0.39 is 4.92 Å². The molecule has 1 aromatic rings. The normalized spacial score (nSPS) is 9.62. The molecule has 0 radical (unpaired) electrons. The van der Waals surface area contributed by atoms with E-state index in [2.05, 4.69) is 10.9 Å². The lowest BCUT2D eigenvalue weighted by Gasteiger charge is -1.96. The maximum absolute atomic E-state index is 10.5. The zero-order valence-corrected chi connectivity index (χ0v) is 7.44. The van der Waals surface area contributed by atoms with Crippen LogP contribution < -0.4 is 0 Å². The Bertz CT molecular complexity index is 387. The predicted molar refractivity (Wildman–Crippen MR) is 47.2 cm³/mol. The van der Waals surface area contributed by atoms with Crippen LogP contribution in [0.1, 0.15) is 18.4 Å². The summed E-state index contributed by atoms with van der Waals surface area (Å²) < 4.78 is 1.57. The quantitative estimate of drug-likeness (QED) is 0.384. The Labute approximate surface area is 75.5 Å². The van der Waals surface area contributed by atoms with E-state index in [9.17, 15) is 10.1 Å². The highest BCUT2D eigenvalue weighted by atomic mass is 16.6. The predicted octanol–water partition coefficient (Wildman–Crippen LogP) is 0.872. The van der Waals surface area contributed by atoms with Gasteiger partial charge in [0.25, 0.3) is 5.82 Å². The molecule has 13 heavy (non-hydrogen) atoms. The second kappa shape index (κ2) is 3.27. The summed E-state index contributed by atoms with van der Waals surface area (Å²) in [5.74, 6) is 2.45. The summed E-state index contributed by atoms with van der Waals surface area (Å²) >= 11 is 0. The summed E-state index contributed by atoms with van der Waals surface area (Å²) in [5.41, 5.74) is 0.554. The number of hydrogen-bond acceptors (Lipinski definition) is 3. The summed E-state index contributed by atoms with van der Waals surface area (Å²) in [6.07, 6.45) is 5.67. The zero-order valence-electron chi connectivity index (χ0n) is 7.44. The van der Waals surface area contributed by atoms with Crippen LogP contribution in [0.4, 0.5) is 5.82 Å². The van der Waals surface area contributed by atoms with Gasteiger partial charge in [0.15, 0.2) is 0 Å². The average Bonchev–Trinajstić information content (AvgIpc) is 2.42. The molecule has 0 amide bonds. The molecule has 68 valence electrons. The summed E-state index contributed by atoms with van der Waals surface area (Å²) in [6.45, 7) is 1.82. The van der Waals surface area contributed by atoms with Gasteiger partial charge in [0, 0.05) is 7.05 Å². The summed E-state index contributed by atoms with van der Waals surface area (Å²) in [7, 11) is 1.67. The van der Waals surface area contributed by atoms with Gasteiger partial charge in [0.05, 0.1) is 0 Å². The van der Waals surface area contributed by atoms with Crippen molar-refractivity contribution < 1.29 is 4.92 Å². The monoisotopic (exact) mass is 179 g/mol. The van der Waals surface area contributed by atoms with Crippen molar-refractivity contribution in [1.82, 2.24) is 9.55 Å². The highest BCUT2D eigenvalue weighted by Crippen LogP contribution is 2.17. The third-order valence-electron chi connectivity index (χ3n) is 1.83. The van der Waals surface area contributed by atoms with Crippen molar-refractivity contribution in [2.45, 2.75) is 13.3 Å². The number of imidazole rings is 1. The molecule has 0 unspecified atom stereocenters. The molecule has 0 aliphatic carbocycles. The lowest BCUT2D eigenvalue weighted by atomic mass is 10.3. The van der Waals surface area contributed by atoms with Crippen molar-refractivity contribution in [1.29, 1.82) is 0 Å². The van der Waals surface area contributed by atoms with Gasteiger partial charge in [0.2, 0.25) is 0 Å². The minimum atomic E-state index is -0.514. The molecule has 0 atom stereocenters. The van der Waals surface area contributed by atoms with Gasteiger partial charge in [-0.3, -0.25) is 4.57 Å². The molecule has 0 aliphatic rings. The van der Waals surface area contributed by atoms with Crippen LogP contribution in [0.25, 0.3) is 0 Å². The molecule has 1 rings (SSSR count). The molecule has 0 saturated heterocycles. The second-order valence-corrected chi connectivity index (χ2v) is 2.52. The molecule has 0 spiro atoms.